The second-order valence-corrected chi connectivity index (χ2v) is 13.0. The molecule has 0 aliphatic carbocycles. The summed E-state index contributed by atoms with van der Waals surface area (Å²) in [4.78, 5) is 27.3. The van der Waals surface area contributed by atoms with E-state index >= 15 is 0 Å². The number of ether oxygens (including phenoxy) is 1. The molecule has 1 unspecified atom stereocenters. The quantitative estimate of drug-likeness (QED) is 0.238. The monoisotopic (exact) mass is 585 g/mol. The zero-order chi connectivity index (χ0) is 29.4. The molecule has 1 amide bonds. The highest BCUT2D eigenvalue weighted by atomic mass is 32.2. The predicted molar refractivity (Wildman–Crippen MR) is 172 cm³/mol. The van der Waals surface area contributed by atoms with Gasteiger partial charge in [-0.15, -0.1) is 0 Å². The van der Waals surface area contributed by atoms with Gasteiger partial charge < -0.3 is 15.0 Å². The van der Waals surface area contributed by atoms with Crippen LogP contribution in [0.1, 0.15) is 60.8 Å². The van der Waals surface area contributed by atoms with E-state index in [0.717, 1.165) is 80.2 Å². The summed E-state index contributed by atoms with van der Waals surface area (Å²) in [5, 5.41) is 3.79. The zero-order valence-corrected chi connectivity index (χ0v) is 25.9. The molecule has 7 nitrogen and oxygen atoms in total. The Bertz CT molecular complexity index is 1330. The van der Waals surface area contributed by atoms with Crippen LogP contribution >= 0.6 is 11.8 Å². The number of benzene rings is 2. The third-order valence-electron chi connectivity index (χ3n) is 7.73. The van der Waals surface area contributed by atoms with E-state index in [1.54, 1.807) is 11.8 Å². The molecule has 1 N–H and O–H groups in total. The molecule has 0 radical (unpaired) electrons. The number of anilines is 1. The van der Waals surface area contributed by atoms with Gasteiger partial charge in [0, 0.05) is 68.7 Å². The van der Waals surface area contributed by atoms with Crippen molar-refractivity contribution in [3.05, 3.63) is 89.1 Å². The highest BCUT2D eigenvalue weighted by molar-refractivity contribution is 7.98. The summed E-state index contributed by atoms with van der Waals surface area (Å²) in [5.74, 6) is 1.70. The average molecular weight is 586 g/mol. The molecule has 222 valence electrons. The fourth-order valence-corrected chi connectivity index (χ4v) is 5.91. The molecule has 2 fully saturated rings. The first-order chi connectivity index (χ1) is 20.3. The minimum absolute atomic E-state index is 0.0529. The highest BCUT2D eigenvalue weighted by Gasteiger charge is 2.23. The van der Waals surface area contributed by atoms with E-state index in [2.05, 4.69) is 78.4 Å². The van der Waals surface area contributed by atoms with E-state index in [1.807, 2.05) is 30.3 Å². The van der Waals surface area contributed by atoms with E-state index in [9.17, 15) is 4.79 Å². The molecule has 2 aliphatic rings. The Hall–Kier alpha value is -3.20. The summed E-state index contributed by atoms with van der Waals surface area (Å²) < 4.78 is 5.60. The number of rotatable bonds is 10. The van der Waals surface area contributed by atoms with Crippen molar-refractivity contribution in [2.45, 2.75) is 56.0 Å². The lowest BCUT2D eigenvalue weighted by Crippen LogP contribution is -2.46. The molecule has 2 aromatic carbocycles. The van der Waals surface area contributed by atoms with E-state index in [-0.39, 0.29) is 17.4 Å². The largest absolute Gasteiger partial charge is 0.376 e. The number of hydrogen-bond donors (Lipinski definition) is 1. The number of nitrogens with one attached hydrogen (secondary N) is 1. The van der Waals surface area contributed by atoms with Gasteiger partial charge >= 0.3 is 0 Å². The summed E-state index contributed by atoms with van der Waals surface area (Å²) in [6.07, 6.45) is 6.68. The van der Waals surface area contributed by atoms with Gasteiger partial charge in [-0.1, -0.05) is 87.1 Å². The number of carbonyl (C=O) groups is 1. The molecule has 0 spiro atoms. The zero-order valence-electron chi connectivity index (χ0n) is 25.1. The molecule has 2 saturated heterocycles. The Morgan fingerprint density at radius 1 is 1.05 bits per heavy atom. The third-order valence-corrected chi connectivity index (χ3v) is 8.65. The molecule has 1 atom stereocenters. The Labute approximate surface area is 254 Å². The standard InChI is InChI=1S/C34H43N5O2S/c1-34(2,3)30-23-31(39-20-18-38(19-21-39)17-7-11-26-9-5-4-6-10-26)37-33(36-30)42-25-27-13-15-28(16-14-27)32(40)35-24-29-12-8-22-41-29/h4-7,9-11,13-16,23,29H,8,12,17-22,24-25H2,1-3H3,(H,35,40)/b11-7+. The molecule has 8 heteroatoms. The lowest BCUT2D eigenvalue weighted by atomic mass is 9.92. The molecule has 0 bridgehead atoms. The predicted octanol–water partition coefficient (Wildman–Crippen LogP) is 5.81. The van der Waals surface area contributed by atoms with Crippen LogP contribution in [0.25, 0.3) is 6.08 Å². The average Bonchev–Trinajstić information content (AvgIpc) is 3.53. The number of nitrogens with zero attached hydrogens (tertiary/aromatic N) is 4. The summed E-state index contributed by atoms with van der Waals surface area (Å²) in [6.45, 7) is 12.8. The molecule has 3 heterocycles. The lowest BCUT2D eigenvalue weighted by Gasteiger charge is -2.35. The van der Waals surface area contributed by atoms with Gasteiger partial charge in [-0.25, -0.2) is 9.97 Å². The van der Waals surface area contributed by atoms with E-state index in [4.69, 9.17) is 14.7 Å². The van der Waals surface area contributed by atoms with Crippen LogP contribution in [-0.4, -0.2) is 72.8 Å². The number of carbonyl (C=O) groups excluding carboxylic acids is 1. The topological polar surface area (TPSA) is 70.6 Å². The van der Waals surface area contributed by atoms with Crippen LogP contribution in [0.5, 0.6) is 0 Å². The van der Waals surface area contributed by atoms with Gasteiger partial charge in [-0.3, -0.25) is 9.69 Å². The molecule has 5 rings (SSSR count). The van der Waals surface area contributed by atoms with Crippen molar-refractivity contribution < 1.29 is 9.53 Å². The second kappa shape index (κ2) is 14.3. The first-order valence-corrected chi connectivity index (χ1v) is 16.0. The SMILES string of the molecule is CC(C)(C)c1cc(N2CCN(C/C=C/c3ccccc3)CC2)nc(SCc2ccc(C(=O)NCC3CCCO3)cc2)n1. The fourth-order valence-electron chi connectivity index (χ4n) is 5.10. The van der Waals surface area contributed by atoms with Crippen molar-refractivity contribution in [3.8, 4) is 0 Å². The first-order valence-electron chi connectivity index (χ1n) is 15.0. The van der Waals surface area contributed by atoms with Gasteiger partial charge in [0.15, 0.2) is 5.16 Å². The van der Waals surface area contributed by atoms with Crippen molar-refractivity contribution in [1.29, 1.82) is 0 Å². The Morgan fingerprint density at radius 2 is 1.81 bits per heavy atom. The van der Waals surface area contributed by atoms with Crippen molar-refractivity contribution >= 4 is 29.6 Å². The maximum absolute atomic E-state index is 12.5. The maximum Gasteiger partial charge on any atom is 0.251 e. The number of piperazine rings is 1. The van der Waals surface area contributed by atoms with Crippen LogP contribution in [0.15, 0.2) is 71.9 Å². The van der Waals surface area contributed by atoms with Crippen LogP contribution in [0.4, 0.5) is 5.82 Å². The van der Waals surface area contributed by atoms with E-state index in [0.29, 0.717) is 12.1 Å². The second-order valence-electron chi connectivity index (χ2n) is 12.1. The molecule has 42 heavy (non-hydrogen) atoms. The van der Waals surface area contributed by atoms with Crippen LogP contribution in [-0.2, 0) is 15.9 Å². The number of amides is 1. The minimum Gasteiger partial charge on any atom is -0.376 e. The van der Waals surface area contributed by atoms with Crippen LogP contribution in [0, 0.1) is 0 Å². The molecule has 2 aliphatic heterocycles. The van der Waals surface area contributed by atoms with Gasteiger partial charge in [-0.2, -0.15) is 0 Å². The Balaban J connectivity index is 1.16. The van der Waals surface area contributed by atoms with Gasteiger partial charge in [-0.05, 0) is 36.1 Å². The number of hydrogen-bond acceptors (Lipinski definition) is 7. The normalized spacial score (nSPS) is 18.1. The highest BCUT2D eigenvalue weighted by Crippen LogP contribution is 2.29. The summed E-state index contributed by atoms with van der Waals surface area (Å²) in [6, 6.07) is 20.5. The van der Waals surface area contributed by atoms with Crippen molar-refractivity contribution in [3.63, 3.8) is 0 Å². The molecule has 3 aromatic rings. The maximum atomic E-state index is 12.5. The van der Waals surface area contributed by atoms with Gasteiger partial charge in [0.1, 0.15) is 5.82 Å². The van der Waals surface area contributed by atoms with E-state index < -0.39 is 0 Å². The van der Waals surface area contributed by atoms with Crippen molar-refractivity contribution in [2.75, 3.05) is 50.8 Å². The molecular formula is C34H43N5O2S. The van der Waals surface area contributed by atoms with E-state index in [1.165, 1.54) is 5.56 Å². The van der Waals surface area contributed by atoms with Gasteiger partial charge in [0.2, 0.25) is 0 Å². The lowest BCUT2D eigenvalue weighted by molar-refractivity contribution is 0.0858. The van der Waals surface area contributed by atoms with Crippen molar-refractivity contribution in [2.24, 2.45) is 0 Å². The Morgan fingerprint density at radius 3 is 2.50 bits per heavy atom. The number of aromatic nitrogens is 2. The van der Waals surface area contributed by atoms with Crippen LogP contribution < -0.4 is 10.2 Å². The fraction of sp³-hybridized carbons (Fsp3) is 0.441. The summed E-state index contributed by atoms with van der Waals surface area (Å²) in [5.41, 5.74) is 4.03. The minimum atomic E-state index is -0.0738. The van der Waals surface area contributed by atoms with Gasteiger partial charge in [0.05, 0.1) is 11.8 Å². The van der Waals surface area contributed by atoms with Crippen LogP contribution in [0.3, 0.4) is 0 Å². The van der Waals surface area contributed by atoms with Gasteiger partial charge in [0.25, 0.3) is 5.91 Å². The molecular weight excluding hydrogens is 542 g/mol. The molecule has 1 aromatic heterocycles. The first kappa shape index (κ1) is 30.3. The van der Waals surface area contributed by atoms with Crippen molar-refractivity contribution in [1.82, 2.24) is 20.2 Å². The van der Waals surface area contributed by atoms with Crippen LogP contribution in [0.2, 0.25) is 0 Å². The summed E-state index contributed by atoms with van der Waals surface area (Å²) >= 11 is 1.65. The Kier molecular flexibility index (Phi) is 10.3. The smallest absolute Gasteiger partial charge is 0.251 e. The third kappa shape index (κ3) is 8.66. The molecule has 0 saturated carbocycles. The summed E-state index contributed by atoms with van der Waals surface area (Å²) in [7, 11) is 0. The number of thioether (sulfide) groups is 1.